The summed E-state index contributed by atoms with van der Waals surface area (Å²) in [6.45, 7) is 0.834. The fraction of sp³-hybridized carbons (Fsp3) is 0.562. The van der Waals surface area contributed by atoms with E-state index in [-0.39, 0.29) is 17.1 Å². The summed E-state index contributed by atoms with van der Waals surface area (Å²) < 4.78 is 14.4. The molecule has 5 heteroatoms. The Morgan fingerprint density at radius 1 is 1.19 bits per heavy atom. The molecule has 2 atom stereocenters. The highest BCUT2D eigenvalue weighted by Crippen LogP contribution is 2.39. The smallest absolute Gasteiger partial charge is 0.250 e. The van der Waals surface area contributed by atoms with Gasteiger partial charge in [-0.2, -0.15) is 0 Å². The van der Waals surface area contributed by atoms with Crippen molar-refractivity contribution >= 4 is 17.3 Å². The summed E-state index contributed by atoms with van der Waals surface area (Å²) in [4.78, 5) is 13.6. The molecule has 1 saturated carbocycles. The first-order valence-electron chi connectivity index (χ1n) is 7.73. The zero-order chi connectivity index (χ0) is 15.0. The average molecular weight is 291 g/mol. The van der Waals surface area contributed by atoms with Gasteiger partial charge in [-0.1, -0.05) is 12.8 Å². The van der Waals surface area contributed by atoms with Crippen molar-refractivity contribution in [3.8, 4) is 0 Å². The molecule has 2 fully saturated rings. The lowest BCUT2D eigenvalue weighted by atomic mass is 9.78. The zero-order valence-corrected chi connectivity index (χ0v) is 12.1. The van der Waals surface area contributed by atoms with Crippen LogP contribution < -0.4 is 16.4 Å². The molecule has 114 valence electrons. The van der Waals surface area contributed by atoms with Crippen LogP contribution >= 0.6 is 0 Å². The number of carbonyl (C=O) groups is 1. The molecule has 0 spiro atoms. The first kappa shape index (κ1) is 14.2. The van der Waals surface area contributed by atoms with Gasteiger partial charge in [0.05, 0.1) is 11.3 Å². The van der Waals surface area contributed by atoms with Crippen LogP contribution in [0.5, 0.6) is 0 Å². The van der Waals surface area contributed by atoms with Gasteiger partial charge in [-0.05, 0) is 43.7 Å². The Kier molecular flexibility index (Phi) is 3.74. The molecule has 2 aliphatic rings. The number of rotatable bonds is 2. The third kappa shape index (κ3) is 2.57. The van der Waals surface area contributed by atoms with E-state index < -0.39 is 5.91 Å². The Morgan fingerprint density at radius 3 is 2.67 bits per heavy atom. The molecule has 0 radical (unpaired) electrons. The van der Waals surface area contributed by atoms with Crippen LogP contribution in [0, 0.1) is 11.7 Å². The monoisotopic (exact) mass is 291 g/mol. The first-order valence-corrected chi connectivity index (χ1v) is 7.73. The van der Waals surface area contributed by atoms with E-state index in [2.05, 4.69) is 4.90 Å². The van der Waals surface area contributed by atoms with E-state index in [0.29, 0.717) is 17.6 Å². The summed E-state index contributed by atoms with van der Waals surface area (Å²) in [5.74, 6) is -0.323. The zero-order valence-electron chi connectivity index (χ0n) is 12.1. The second-order valence-electron chi connectivity index (χ2n) is 6.20. The number of halogens is 1. The molecule has 1 aliphatic heterocycles. The SMILES string of the molecule is NC(=O)c1cc(N2CCCC3CCCCC32)c(F)cc1N. The van der Waals surface area contributed by atoms with Crippen LogP contribution in [-0.2, 0) is 0 Å². The maximum absolute atomic E-state index is 14.4. The number of anilines is 2. The number of piperidine rings is 1. The topological polar surface area (TPSA) is 72.4 Å². The van der Waals surface area contributed by atoms with Crippen LogP contribution in [0.1, 0.15) is 48.9 Å². The average Bonchev–Trinajstić information content (AvgIpc) is 2.46. The predicted octanol–water partition coefficient (Wildman–Crippen LogP) is 2.67. The number of carbonyl (C=O) groups excluding carboxylic acids is 1. The molecule has 1 saturated heterocycles. The Labute approximate surface area is 124 Å². The number of hydrogen-bond acceptors (Lipinski definition) is 3. The second kappa shape index (κ2) is 5.54. The number of primary amides is 1. The van der Waals surface area contributed by atoms with Crippen molar-refractivity contribution in [3.63, 3.8) is 0 Å². The lowest BCUT2D eigenvalue weighted by Gasteiger charge is -2.45. The molecule has 1 aromatic carbocycles. The Balaban J connectivity index is 1.98. The van der Waals surface area contributed by atoms with Gasteiger partial charge in [0.2, 0.25) is 0 Å². The summed E-state index contributed by atoms with van der Waals surface area (Å²) in [5.41, 5.74) is 11.8. The van der Waals surface area contributed by atoms with Crippen LogP contribution in [0.3, 0.4) is 0 Å². The van der Waals surface area contributed by atoms with E-state index in [1.165, 1.54) is 37.8 Å². The van der Waals surface area contributed by atoms with Crippen LogP contribution in [0.15, 0.2) is 12.1 Å². The normalized spacial score (nSPS) is 25.5. The van der Waals surface area contributed by atoms with Crippen molar-refractivity contribution in [1.82, 2.24) is 0 Å². The molecule has 21 heavy (non-hydrogen) atoms. The Morgan fingerprint density at radius 2 is 1.90 bits per heavy atom. The highest BCUT2D eigenvalue weighted by Gasteiger charge is 2.34. The molecular formula is C16H22FN3O. The van der Waals surface area contributed by atoms with Crippen molar-refractivity contribution in [2.75, 3.05) is 17.2 Å². The van der Waals surface area contributed by atoms with Crippen molar-refractivity contribution < 1.29 is 9.18 Å². The lowest BCUT2D eigenvalue weighted by Crippen LogP contribution is -2.47. The van der Waals surface area contributed by atoms with Gasteiger partial charge in [0.25, 0.3) is 5.91 Å². The summed E-state index contributed by atoms with van der Waals surface area (Å²) in [5, 5.41) is 0. The summed E-state index contributed by atoms with van der Waals surface area (Å²) >= 11 is 0. The second-order valence-corrected chi connectivity index (χ2v) is 6.20. The van der Waals surface area contributed by atoms with Gasteiger partial charge in [-0.3, -0.25) is 4.79 Å². The van der Waals surface area contributed by atoms with E-state index in [9.17, 15) is 9.18 Å². The minimum atomic E-state index is -0.606. The fourth-order valence-electron chi connectivity index (χ4n) is 3.93. The molecule has 2 unspecified atom stereocenters. The summed E-state index contributed by atoms with van der Waals surface area (Å²) in [6.07, 6.45) is 7.07. The lowest BCUT2D eigenvalue weighted by molar-refractivity contribution is 0.100. The van der Waals surface area contributed by atoms with Crippen LogP contribution in [-0.4, -0.2) is 18.5 Å². The van der Waals surface area contributed by atoms with E-state index >= 15 is 0 Å². The number of nitrogens with two attached hydrogens (primary N) is 2. The molecule has 3 rings (SSSR count). The number of hydrogen-bond donors (Lipinski definition) is 2. The quantitative estimate of drug-likeness (QED) is 0.823. The number of amides is 1. The fourth-order valence-corrected chi connectivity index (χ4v) is 3.93. The van der Waals surface area contributed by atoms with Crippen LogP contribution in [0.4, 0.5) is 15.8 Å². The molecule has 4 N–H and O–H groups in total. The number of nitrogen functional groups attached to an aromatic ring is 1. The van der Waals surface area contributed by atoms with Gasteiger partial charge < -0.3 is 16.4 Å². The molecule has 1 amide bonds. The van der Waals surface area contributed by atoms with Gasteiger partial charge in [0.15, 0.2) is 0 Å². The predicted molar refractivity (Wildman–Crippen MR) is 81.7 cm³/mol. The number of fused-ring (bicyclic) bond motifs is 1. The molecule has 0 bridgehead atoms. The standard InChI is InChI=1S/C16H22FN3O/c17-12-9-13(18)11(16(19)21)8-15(12)20-7-3-5-10-4-1-2-6-14(10)20/h8-10,14H,1-7,18H2,(H2,19,21). The van der Waals surface area contributed by atoms with Gasteiger partial charge in [0, 0.05) is 18.3 Å². The van der Waals surface area contributed by atoms with Gasteiger partial charge in [-0.15, -0.1) is 0 Å². The highest BCUT2D eigenvalue weighted by atomic mass is 19.1. The Hall–Kier alpha value is -1.78. The first-order chi connectivity index (χ1) is 10.1. The van der Waals surface area contributed by atoms with Crippen molar-refractivity contribution in [1.29, 1.82) is 0 Å². The van der Waals surface area contributed by atoms with Crippen molar-refractivity contribution in [2.45, 2.75) is 44.6 Å². The Bertz CT molecular complexity index is 559. The van der Waals surface area contributed by atoms with E-state index in [0.717, 1.165) is 19.4 Å². The molecule has 1 heterocycles. The van der Waals surface area contributed by atoms with Crippen molar-refractivity contribution in [3.05, 3.63) is 23.5 Å². The third-order valence-corrected chi connectivity index (χ3v) is 4.94. The molecule has 1 aliphatic carbocycles. The third-order valence-electron chi connectivity index (χ3n) is 4.94. The molecule has 0 aromatic heterocycles. The van der Waals surface area contributed by atoms with Crippen LogP contribution in [0.2, 0.25) is 0 Å². The molecular weight excluding hydrogens is 269 g/mol. The molecule has 1 aromatic rings. The minimum absolute atomic E-state index is 0.112. The maximum Gasteiger partial charge on any atom is 0.250 e. The van der Waals surface area contributed by atoms with E-state index in [1.54, 1.807) is 0 Å². The summed E-state index contributed by atoms with van der Waals surface area (Å²) in [6, 6.07) is 3.14. The van der Waals surface area contributed by atoms with Crippen molar-refractivity contribution in [2.24, 2.45) is 11.7 Å². The molecule has 4 nitrogen and oxygen atoms in total. The van der Waals surface area contributed by atoms with Gasteiger partial charge >= 0.3 is 0 Å². The van der Waals surface area contributed by atoms with E-state index in [1.807, 2.05) is 0 Å². The highest BCUT2D eigenvalue weighted by molar-refractivity contribution is 5.99. The number of nitrogens with zero attached hydrogens (tertiary/aromatic N) is 1. The minimum Gasteiger partial charge on any atom is -0.398 e. The van der Waals surface area contributed by atoms with Gasteiger partial charge in [-0.25, -0.2) is 4.39 Å². The maximum atomic E-state index is 14.4. The number of benzene rings is 1. The van der Waals surface area contributed by atoms with E-state index in [4.69, 9.17) is 11.5 Å². The summed E-state index contributed by atoms with van der Waals surface area (Å²) in [7, 11) is 0. The van der Waals surface area contributed by atoms with Gasteiger partial charge in [0.1, 0.15) is 5.82 Å². The van der Waals surface area contributed by atoms with Crippen LogP contribution in [0.25, 0.3) is 0 Å². The largest absolute Gasteiger partial charge is 0.398 e.